The van der Waals surface area contributed by atoms with Gasteiger partial charge < -0.3 is 9.94 Å². The summed E-state index contributed by atoms with van der Waals surface area (Å²) in [6, 6.07) is 19.0. The molecule has 0 aliphatic heterocycles. The number of benzene rings is 2. The van der Waals surface area contributed by atoms with E-state index in [2.05, 4.69) is 0 Å². The number of nitrogens with zero attached hydrogens (tertiary/aromatic N) is 1. The van der Waals surface area contributed by atoms with Crippen LogP contribution in [0.25, 0.3) is 0 Å². The average molecular weight is 297 g/mol. The number of esters is 1. The summed E-state index contributed by atoms with van der Waals surface area (Å²) in [6.45, 7) is 0.211. The number of hydrogen-bond acceptors (Lipinski definition) is 3. The lowest BCUT2D eigenvalue weighted by Gasteiger charge is -2.11. The largest absolute Gasteiger partial charge is 0.624 e. The molecule has 1 atom stereocenters. The second-order valence-corrected chi connectivity index (χ2v) is 5.03. The van der Waals surface area contributed by atoms with E-state index < -0.39 is 11.9 Å². The van der Waals surface area contributed by atoms with Crippen molar-refractivity contribution < 1.29 is 14.3 Å². The normalized spacial score (nSPS) is 12.7. The predicted octanol–water partition coefficient (Wildman–Crippen LogP) is 2.80. The van der Waals surface area contributed by atoms with Crippen molar-refractivity contribution >= 4 is 12.2 Å². The van der Waals surface area contributed by atoms with E-state index in [4.69, 9.17) is 4.74 Å². The first-order valence-electron chi connectivity index (χ1n) is 7.13. The third-order valence-electron chi connectivity index (χ3n) is 3.33. The van der Waals surface area contributed by atoms with Gasteiger partial charge in [0.15, 0.2) is 12.8 Å². The van der Waals surface area contributed by atoms with Crippen LogP contribution in [0.2, 0.25) is 0 Å². The molecule has 0 spiro atoms. The third-order valence-corrected chi connectivity index (χ3v) is 3.33. The smallest absolute Gasteiger partial charge is 0.319 e. The Morgan fingerprint density at radius 2 is 1.64 bits per heavy atom. The molecule has 0 bridgehead atoms. The molecule has 4 nitrogen and oxygen atoms in total. The number of rotatable bonds is 6. The Bertz CT molecular complexity index is 623. The number of carbonyl (C=O) groups excluding carboxylic acids is 1. The molecular formula is C18H19NO3. The quantitative estimate of drug-likeness (QED) is 0.271. The Kier molecular flexibility index (Phi) is 5.72. The van der Waals surface area contributed by atoms with Crippen molar-refractivity contribution in [2.75, 3.05) is 7.11 Å². The Morgan fingerprint density at radius 1 is 1.09 bits per heavy atom. The Labute approximate surface area is 130 Å². The molecule has 0 aromatic heterocycles. The highest BCUT2D eigenvalue weighted by atomic mass is 16.5. The summed E-state index contributed by atoms with van der Waals surface area (Å²) in [7, 11) is 1.33. The van der Waals surface area contributed by atoms with Crippen molar-refractivity contribution in [2.24, 2.45) is 5.92 Å². The van der Waals surface area contributed by atoms with Crippen LogP contribution in [-0.4, -0.2) is 24.0 Å². The molecule has 0 aliphatic carbocycles. The minimum atomic E-state index is -0.589. The van der Waals surface area contributed by atoms with Gasteiger partial charge in [-0.1, -0.05) is 60.7 Å². The van der Waals surface area contributed by atoms with Gasteiger partial charge in [-0.15, -0.1) is 0 Å². The topological polar surface area (TPSA) is 52.4 Å². The Morgan fingerprint density at radius 3 is 2.18 bits per heavy atom. The van der Waals surface area contributed by atoms with E-state index in [-0.39, 0.29) is 6.54 Å². The summed E-state index contributed by atoms with van der Waals surface area (Å²) < 4.78 is 5.59. The van der Waals surface area contributed by atoms with Gasteiger partial charge in [0, 0.05) is 5.56 Å². The molecule has 22 heavy (non-hydrogen) atoms. The van der Waals surface area contributed by atoms with Crippen LogP contribution in [0.1, 0.15) is 11.1 Å². The summed E-state index contributed by atoms with van der Waals surface area (Å²) in [5.74, 6) is -0.994. The standard InChI is InChI=1S/C18H19NO3/c1-22-18(20)17(12-15-8-4-2-5-9-15)14-19(21)13-16-10-6-3-7-11-16/h2-11,14,17H,12-13H2,1H3/b19-14-. The SMILES string of the molecule is COC(=O)C(/C=[N+](\[O-])Cc1ccccc1)Cc1ccccc1. The molecule has 0 aliphatic rings. The highest BCUT2D eigenvalue weighted by molar-refractivity contribution is 5.88. The van der Waals surface area contributed by atoms with E-state index in [1.165, 1.54) is 13.3 Å². The minimum Gasteiger partial charge on any atom is -0.624 e. The predicted molar refractivity (Wildman–Crippen MR) is 85.5 cm³/mol. The molecular weight excluding hydrogens is 278 g/mol. The summed E-state index contributed by atoms with van der Waals surface area (Å²) >= 11 is 0. The third kappa shape index (κ3) is 4.74. The molecule has 0 saturated heterocycles. The maximum Gasteiger partial charge on any atom is 0.319 e. The molecule has 2 aromatic carbocycles. The molecule has 0 fully saturated rings. The molecule has 114 valence electrons. The van der Waals surface area contributed by atoms with E-state index in [1.54, 1.807) is 0 Å². The van der Waals surface area contributed by atoms with Crippen molar-refractivity contribution in [3.05, 3.63) is 77.0 Å². The van der Waals surface area contributed by atoms with Gasteiger partial charge in [0.25, 0.3) is 0 Å². The summed E-state index contributed by atoms with van der Waals surface area (Å²) in [5.41, 5.74) is 1.89. The van der Waals surface area contributed by atoms with Crippen LogP contribution in [0.15, 0.2) is 60.7 Å². The van der Waals surface area contributed by atoms with E-state index in [0.29, 0.717) is 6.42 Å². The summed E-state index contributed by atoms with van der Waals surface area (Å²) in [6.07, 6.45) is 1.84. The number of ether oxygens (including phenoxy) is 1. The van der Waals surface area contributed by atoms with Gasteiger partial charge in [-0.3, -0.25) is 4.79 Å². The van der Waals surface area contributed by atoms with Crippen molar-refractivity contribution in [3.63, 3.8) is 0 Å². The minimum absolute atomic E-state index is 0.211. The molecule has 0 saturated carbocycles. The fourth-order valence-corrected chi connectivity index (χ4v) is 2.23. The van der Waals surface area contributed by atoms with Crippen LogP contribution < -0.4 is 0 Å². The van der Waals surface area contributed by atoms with Crippen LogP contribution in [0.5, 0.6) is 0 Å². The lowest BCUT2D eigenvalue weighted by atomic mass is 10.0. The monoisotopic (exact) mass is 297 g/mol. The van der Waals surface area contributed by atoms with Gasteiger partial charge in [0.2, 0.25) is 0 Å². The zero-order chi connectivity index (χ0) is 15.8. The molecule has 2 rings (SSSR count). The van der Waals surface area contributed by atoms with Gasteiger partial charge in [0.05, 0.1) is 7.11 Å². The van der Waals surface area contributed by atoms with Crippen LogP contribution in [-0.2, 0) is 22.5 Å². The lowest BCUT2D eigenvalue weighted by molar-refractivity contribution is -0.472. The number of hydroxylamine groups is 1. The maximum atomic E-state index is 12.1. The van der Waals surface area contributed by atoms with E-state index >= 15 is 0 Å². The second kappa shape index (κ2) is 7.98. The van der Waals surface area contributed by atoms with Crippen LogP contribution in [0.3, 0.4) is 0 Å². The number of hydrogen-bond donors (Lipinski definition) is 0. The zero-order valence-electron chi connectivity index (χ0n) is 12.5. The van der Waals surface area contributed by atoms with Crippen molar-refractivity contribution in [3.8, 4) is 0 Å². The first-order valence-corrected chi connectivity index (χ1v) is 7.13. The Balaban J connectivity index is 2.11. The molecule has 0 N–H and O–H groups in total. The van der Waals surface area contributed by atoms with Gasteiger partial charge >= 0.3 is 5.97 Å². The second-order valence-electron chi connectivity index (χ2n) is 5.03. The number of carbonyl (C=O) groups is 1. The molecule has 1 unspecified atom stereocenters. The van der Waals surface area contributed by atoms with E-state index in [9.17, 15) is 10.0 Å². The van der Waals surface area contributed by atoms with Gasteiger partial charge in [0.1, 0.15) is 5.92 Å². The highest BCUT2D eigenvalue weighted by Crippen LogP contribution is 2.09. The zero-order valence-corrected chi connectivity index (χ0v) is 12.5. The van der Waals surface area contributed by atoms with Gasteiger partial charge in [-0.2, -0.15) is 0 Å². The van der Waals surface area contributed by atoms with Gasteiger partial charge in [-0.05, 0) is 12.0 Å². The van der Waals surface area contributed by atoms with Crippen LogP contribution in [0.4, 0.5) is 0 Å². The molecule has 4 heteroatoms. The fourth-order valence-electron chi connectivity index (χ4n) is 2.23. The molecule has 0 heterocycles. The van der Waals surface area contributed by atoms with E-state index in [0.717, 1.165) is 15.9 Å². The molecule has 2 aromatic rings. The molecule has 0 radical (unpaired) electrons. The lowest BCUT2D eigenvalue weighted by Crippen LogP contribution is -2.24. The average Bonchev–Trinajstić information content (AvgIpc) is 2.55. The van der Waals surface area contributed by atoms with E-state index in [1.807, 2.05) is 60.7 Å². The number of methoxy groups -OCH3 is 1. The maximum absolute atomic E-state index is 12.1. The summed E-state index contributed by atoms with van der Waals surface area (Å²) in [5, 5.41) is 12.1. The fraction of sp³-hybridized carbons (Fsp3) is 0.222. The first kappa shape index (κ1) is 15.8. The van der Waals surface area contributed by atoms with Crippen molar-refractivity contribution in [1.29, 1.82) is 0 Å². The molecule has 0 amide bonds. The van der Waals surface area contributed by atoms with Crippen molar-refractivity contribution in [2.45, 2.75) is 13.0 Å². The van der Waals surface area contributed by atoms with Gasteiger partial charge in [-0.25, -0.2) is 4.74 Å². The summed E-state index contributed by atoms with van der Waals surface area (Å²) in [4.78, 5) is 11.9. The van der Waals surface area contributed by atoms with Crippen LogP contribution >= 0.6 is 0 Å². The van der Waals surface area contributed by atoms with Crippen molar-refractivity contribution in [1.82, 2.24) is 0 Å². The Hall–Kier alpha value is -2.62. The highest BCUT2D eigenvalue weighted by Gasteiger charge is 2.21. The van der Waals surface area contributed by atoms with Crippen LogP contribution in [0, 0.1) is 11.1 Å². The first-order chi connectivity index (χ1) is 10.7.